The Kier molecular flexibility index (Phi) is 31.4. The highest BCUT2D eigenvalue weighted by Crippen LogP contribution is 2.22. The van der Waals surface area contributed by atoms with E-state index in [4.69, 9.17) is 18.9 Å². The first-order chi connectivity index (χ1) is 24.9. The van der Waals surface area contributed by atoms with E-state index in [0.29, 0.717) is 13.0 Å². The fourth-order valence-electron chi connectivity index (χ4n) is 5.83. The van der Waals surface area contributed by atoms with E-state index in [1.165, 1.54) is 57.8 Å². The predicted molar refractivity (Wildman–Crippen MR) is 205 cm³/mol. The van der Waals surface area contributed by atoms with Gasteiger partial charge in [-0.05, 0) is 51.4 Å². The molecule has 1 saturated heterocycles. The van der Waals surface area contributed by atoms with Crippen molar-refractivity contribution in [2.45, 2.75) is 185 Å². The summed E-state index contributed by atoms with van der Waals surface area (Å²) >= 11 is 0. The third-order valence-electron chi connectivity index (χ3n) is 9.01. The van der Waals surface area contributed by atoms with Gasteiger partial charge in [-0.1, -0.05) is 140 Å². The van der Waals surface area contributed by atoms with Crippen molar-refractivity contribution in [3.8, 4) is 0 Å². The number of unbranched alkanes of at least 4 members (excludes halogenated alkanes) is 14. The van der Waals surface area contributed by atoms with E-state index in [1.54, 1.807) is 0 Å². The van der Waals surface area contributed by atoms with Crippen molar-refractivity contribution in [2.75, 3.05) is 26.4 Å². The number of aliphatic hydroxyl groups excluding tert-OH is 4. The fourth-order valence-corrected chi connectivity index (χ4v) is 5.83. The third-order valence-corrected chi connectivity index (χ3v) is 9.01. The number of hydrogen-bond acceptors (Lipinski definition) is 9. The summed E-state index contributed by atoms with van der Waals surface area (Å²) in [4.78, 5) is 12.7. The molecule has 0 saturated carbocycles. The Hall–Kier alpha value is -1.85. The van der Waals surface area contributed by atoms with E-state index >= 15 is 0 Å². The lowest BCUT2D eigenvalue weighted by atomic mass is 9.99. The molecule has 4 N–H and O–H groups in total. The molecule has 0 radical (unpaired) electrons. The van der Waals surface area contributed by atoms with Crippen LogP contribution in [0.15, 0.2) is 48.6 Å². The summed E-state index contributed by atoms with van der Waals surface area (Å²) in [5.41, 5.74) is 0. The van der Waals surface area contributed by atoms with Crippen molar-refractivity contribution in [1.82, 2.24) is 0 Å². The zero-order chi connectivity index (χ0) is 37.2. The SMILES string of the molecule is CC/C=C\C/C=C\C/C=C\C/C=C\CCCCCCCCC(=O)OC(COCCCCCCCCCCC)COC1OC(CO)C(O)C(O)C1O. The van der Waals surface area contributed by atoms with Crippen molar-refractivity contribution in [3.05, 3.63) is 48.6 Å². The molecule has 6 atom stereocenters. The number of carbonyl (C=O) groups excluding carboxylic acids is 1. The number of hydrogen-bond donors (Lipinski definition) is 4. The van der Waals surface area contributed by atoms with Crippen molar-refractivity contribution < 1.29 is 44.2 Å². The standard InChI is InChI=1S/C42H74O9/c1-3-5-7-9-11-13-14-15-16-17-18-19-20-21-22-23-25-27-29-31-38(44)50-36(34-48-32-30-28-26-24-12-10-8-6-4-2)35-49-42-41(47)40(46)39(45)37(33-43)51-42/h5,7,11,13,15-16,18-19,36-37,39-43,45-47H,3-4,6,8-10,12,14,17,20-35H2,1-2H3/b7-5-,13-11-,16-15-,19-18-. The Bertz CT molecular complexity index is 916. The van der Waals surface area contributed by atoms with Crippen LogP contribution in [0.1, 0.15) is 149 Å². The summed E-state index contributed by atoms with van der Waals surface area (Å²) in [5.74, 6) is -0.330. The van der Waals surface area contributed by atoms with Crippen LogP contribution in [-0.4, -0.2) is 89.6 Å². The summed E-state index contributed by atoms with van der Waals surface area (Å²) < 4.78 is 22.7. The van der Waals surface area contributed by atoms with Gasteiger partial charge in [0.25, 0.3) is 0 Å². The van der Waals surface area contributed by atoms with Crippen LogP contribution in [0.25, 0.3) is 0 Å². The molecule has 0 aromatic heterocycles. The second kappa shape index (κ2) is 34.0. The minimum atomic E-state index is -1.54. The molecular weight excluding hydrogens is 648 g/mol. The van der Waals surface area contributed by atoms with Gasteiger partial charge in [-0.25, -0.2) is 0 Å². The second-order valence-corrected chi connectivity index (χ2v) is 13.7. The zero-order valence-corrected chi connectivity index (χ0v) is 32.1. The van der Waals surface area contributed by atoms with Crippen molar-refractivity contribution >= 4 is 5.97 Å². The Labute approximate surface area is 310 Å². The molecular formula is C42H74O9. The average Bonchev–Trinajstić information content (AvgIpc) is 3.13. The molecule has 0 aromatic rings. The van der Waals surface area contributed by atoms with Gasteiger partial charge in [0.1, 0.15) is 30.5 Å². The quantitative estimate of drug-likeness (QED) is 0.0301. The lowest BCUT2D eigenvalue weighted by Crippen LogP contribution is -2.59. The van der Waals surface area contributed by atoms with Crippen LogP contribution in [0.4, 0.5) is 0 Å². The first-order valence-corrected chi connectivity index (χ1v) is 20.2. The number of carbonyl (C=O) groups is 1. The van der Waals surface area contributed by atoms with Gasteiger partial charge in [0.05, 0.1) is 19.8 Å². The molecule has 9 heteroatoms. The summed E-state index contributed by atoms with van der Waals surface area (Å²) in [6.45, 7) is 4.40. The highest BCUT2D eigenvalue weighted by atomic mass is 16.7. The van der Waals surface area contributed by atoms with Crippen LogP contribution in [0.5, 0.6) is 0 Å². The van der Waals surface area contributed by atoms with Gasteiger partial charge in [0.15, 0.2) is 6.29 Å². The van der Waals surface area contributed by atoms with Gasteiger partial charge in [-0.2, -0.15) is 0 Å². The minimum absolute atomic E-state index is 0.120. The van der Waals surface area contributed by atoms with Gasteiger partial charge in [0.2, 0.25) is 0 Å². The zero-order valence-electron chi connectivity index (χ0n) is 32.1. The molecule has 296 valence electrons. The van der Waals surface area contributed by atoms with Crippen molar-refractivity contribution in [2.24, 2.45) is 0 Å². The molecule has 9 nitrogen and oxygen atoms in total. The molecule has 6 unspecified atom stereocenters. The number of esters is 1. The molecule has 51 heavy (non-hydrogen) atoms. The molecule has 0 bridgehead atoms. The van der Waals surface area contributed by atoms with Crippen LogP contribution in [0, 0.1) is 0 Å². The van der Waals surface area contributed by atoms with Gasteiger partial charge < -0.3 is 39.4 Å². The summed E-state index contributed by atoms with van der Waals surface area (Å²) in [7, 11) is 0. The number of allylic oxidation sites excluding steroid dienone is 8. The van der Waals surface area contributed by atoms with Crippen LogP contribution >= 0.6 is 0 Å². The Morgan fingerprint density at radius 1 is 0.647 bits per heavy atom. The van der Waals surface area contributed by atoms with E-state index in [2.05, 4.69) is 62.5 Å². The maximum absolute atomic E-state index is 12.7. The molecule has 0 spiro atoms. The largest absolute Gasteiger partial charge is 0.457 e. The van der Waals surface area contributed by atoms with Crippen molar-refractivity contribution in [3.63, 3.8) is 0 Å². The first kappa shape index (κ1) is 47.2. The number of rotatable bonds is 33. The summed E-state index contributed by atoms with van der Waals surface area (Å²) in [6, 6.07) is 0. The highest BCUT2D eigenvalue weighted by molar-refractivity contribution is 5.69. The first-order valence-electron chi connectivity index (χ1n) is 20.2. The van der Waals surface area contributed by atoms with Crippen molar-refractivity contribution in [1.29, 1.82) is 0 Å². The third kappa shape index (κ3) is 25.7. The molecule has 1 heterocycles. The molecule has 0 aromatic carbocycles. The molecule has 0 amide bonds. The van der Waals surface area contributed by atoms with Crippen LogP contribution < -0.4 is 0 Å². The van der Waals surface area contributed by atoms with E-state index in [9.17, 15) is 25.2 Å². The topological polar surface area (TPSA) is 135 Å². The summed E-state index contributed by atoms with van der Waals surface area (Å²) in [6.07, 6.45) is 32.8. The van der Waals surface area contributed by atoms with Crippen LogP contribution in [-0.2, 0) is 23.7 Å². The van der Waals surface area contributed by atoms with E-state index in [0.717, 1.165) is 70.6 Å². The maximum atomic E-state index is 12.7. The molecule has 1 aliphatic heterocycles. The van der Waals surface area contributed by atoms with Gasteiger partial charge in [-0.3, -0.25) is 4.79 Å². The monoisotopic (exact) mass is 723 g/mol. The normalized spacial score (nSPS) is 21.9. The average molecular weight is 723 g/mol. The van der Waals surface area contributed by atoms with E-state index < -0.39 is 43.4 Å². The lowest BCUT2D eigenvalue weighted by molar-refractivity contribution is -0.305. The molecule has 1 fully saturated rings. The molecule has 1 aliphatic rings. The minimum Gasteiger partial charge on any atom is -0.457 e. The maximum Gasteiger partial charge on any atom is 0.306 e. The van der Waals surface area contributed by atoms with Gasteiger partial charge in [-0.15, -0.1) is 0 Å². The van der Waals surface area contributed by atoms with Crippen LogP contribution in [0.2, 0.25) is 0 Å². The Balaban J connectivity index is 2.29. The van der Waals surface area contributed by atoms with Gasteiger partial charge in [0, 0.05) is 13.0 Å². The Morgan fingerprint density at radius 3 is 1.80 bits per heavy atom. The van der Waals surface area contributed by atoms with E-state index in [-0.39, 0.29) is 19.2 Å². The highest BCUT2D eigenvalue weighted by Gasteiger charge is 2.44. The summed E-state index contributed by atoms with van der Waals surface area (Å²) in [5, 5.41) is 39.9. The Morgan fingerprint density at radius 2 is 1.20 bits per heavy atom. The predicted octanol–water partition coefficient (Wildman–Crippen LogP) is 8.19. The second-order valence-electron chi connectivity index (χ2n) is 13.7. The van der Waals surface area contributed by atoms with E-state index in [1.807, 2.05) is 0 Å². The molecule has 1 rings (SSSR count). The molecule has 0 aliphatic carbocycles. The van der Waals surface area contributed by atoms with Crippen LogP contribution in [0.3, 0.4) is 0 Å². The lowest BCUT2D eigenvalue weighted by Gasteiger charge is -2.39. The fraction of sp³-hybridized carbons (Fsp3) is 0.786. The smallest absolute Gasteiger partial charge is 0.306 e. The number of ether oxygens (including phenoxy) is 4. The van der Waals surface area contributed by atoms with Gasteiger partial charge >= 0.3 is 5.97 Å². The number of aliphatic hydroxyl groups is 4.